The van der Waals surface area contributed by atoms with Crippen molar-refractivity contribution in [1.82, 2.24) is 5.32 Å². The summed E-state index contributed by atoms with van der Waals surface area (Å²) in [4.78, 5) is 26.0. The molecule has 0 aliphatic rings. The van der Waals surface area contributed by atoms with Crippen LogP contribution in [0.5, 0.6) is 5.75 Å². The number of para-hydroxylation sites is 3. The van der Waals surface area contributed by atoms with E-state index in [-0.39, 0.29) is 33.8 Å². The molecule has 1 atom stereocenters. The molecule has 0 saturated carbocycles. The monoisotopic (exact) mass is 543 g/mol. The van der Waals surface area contributed by atoms with Crippen molar-refractivity contribution < 1.29 is 22.7 Å². The van der Waals surface area contributed by atoms with E-state index in [1.165, 1.54) is 24.3 Å². The van der Waals surface area contributed by atoms with Crippen LogP contribution in [0.25, 0.3) is 0 Å². The van der Waals surface area contributed by atoms with Crippen molar-refractivity contribution in [2.75, 3.05) is 22.8 Å². The van der Waals surface area contributed by atoms with Crippen LogP contribution in [0.15, 0.2) is 77.7 Å². The van der Waals surface area contributed by atoms with Crippen LogP contribution in [0.2, 0.25) is 5.02 Å². The minimum absolute atomic E-state index is 0.0377. The van der Waals surface area contributed by atoms with Gasteiger partial charge in [0.2, 0.25) is 5.91 Å². The molecule has 0 unspecified atom stereocenters. The number of sulfonamides is 1. The minimum atomic E-state index is -4.19. The normalized spacial score (nSPS) is 11.9. The van der Waals surface area contributed by atoms with E-state index in [2.05, 4.69) is 10.6 Å². The second-order valence-corrected chi connectivity index (χ2v) is 10.5. The molecule has 0 heterocycles. The molecule has 0 spiro atoms. The van der Waals surface area contributed by atoms with E-state index in [1.54, 1.807) is 55.5 Å². The van der Waals surface area contributed by atoms with E-state index in [4.69, 9.17) is 16.3 Å². The van der Waals surface area contributed by atoms with E-state index in [0.29, 0.717) is 17.4 Å². The predicted molar refractivity (Wildman–Crippen MR) is 146 cm³/mol. The molecule has 8 nitrogen and oxygen atoms in total. The summed E-state index contributed by atoms with van der Waals surface area (Å²) in [5.41, 5.74) is 0.755. The maximum atomic E-state index is 13.7. The fourth-order valence-electron chi connectivity index (χ4n) is 3.49. The molecule has 0 radical (unpaired) electrons. The van der Waals surface area contributed by atoms with Crippen LogP contribution in [0.4, 0.5) is 11.4 Å². The SMILES string of the molecule is CCOc1ccccc1N(CC(=O)Nc1ccccc1C(=O)N[C@@H](C)CC)S(=O)(=O)c1ccc(Cl)cc1. The van der Waals surface area contributed by atoms with Gasteiger partial charge in [-0.3, -0.25) is 13.9 Å². The van der Waals surface area contributed by atoms with Gasteiger partial charge in [-0.05, 0) is 68.8 Å². The molecular weight excluding hydrogens is 514 g/mol. The molecule has 0 aliphatic carbocycles. The van der Waals surface area contributed by atoms with Gasteiger partial charge in [0.25, 0.3) is 15.9 Å². The lowest BCUT2D eigenvalue weighted by Crippen LogP contribution is -2.39. The summed E-state index contributed by atoms with van der Waals surface area (Å²) in [5.74, 6) is -0.658. The van der Waals surface area contributed by atoms with Crippen molar-refractivity contribution in [2.24, 2.45) is 0 Å². The van der Waals surface area contributed by atoms with Crippen molar-refractivity contribution in [3.05, 3.63) is 83.4 Å². The topological polar surface area (TPSA) is 105 Å². The molecule has 0 fully saturated rings. The average Bonchev–Trinajstić information content (AvgIpc) is 2.88. The molecule has 3 rings (SSSR count). The molecule has 3 aromatic rings. The number of halogens is 1. The van der Waals surface area contributed by atoms with Gasteiger partial charge in [-0.1, -0.05) is 42.8 Å². The first-order chi connectivity index (χ1) is 17.7. The third-order valence-electron chi connectivity index (χ3n) is 5.56. The maximum Gasteiger partial charge on any atom is 0.264 e. The van der Waals surface area contributed by atoms with E-state index >= 15 is 0 Å². The molecule has 10 heteroatoms. The largest absolute Gasteiger partial charge is 0.492 e. The summed E-state index contributed by atoms with van der Waals surface area (Å²) in [6, 6.07) is 18.8. The first kappa shape index (κ1) is 28.0. The molecular formula is C27H30ClN3O5S. The van der Waals surface area contributed by atoms with Gasteiger partial charge in [0, 0.05) is 11.1 Å². The number of ether oxygens (including phenoxy) is 1. The fourth-order valence-corrected chi connectivity index (χ4v) is 5.05. The Morgan fingerprint density at radius 3 is 2.30 bits per heavy atom. The Labute approximate surface area is 222 Å². The third-order valence-corrected chi connectivity index (χ3v) is 7.58. The van der Waals surface area contributed by atoms with Gasteiger partial charge in [-0.2, -0.15) is 0 Å². The summed E-state index contributed by atoms with van der Waals surface area (Å²) >= 11 is 5.96. The van der Waals surface area contributed by atoms with Crippen LogP contribution in [-0.2, 0) is 14.8 Å². The van der Waals surface area contributed by atoms with Crippen LogP contribution in [0.1, 0.15) is 37.6 Å². The molecule has 2 amide bonds. The predicted octanol–water partition coefficient (Wildman–Crippen LogP) is 5.10. The zero-order valence-electron chi connectivity index (χ0n) is 20.9. The Morgan fingerprint density at radius 1 is 0.973 bits per heavy atom. The lowest BCUT2D eigenvalue weighted by atomic mass is 10.1. The molecule has 196 valence electrons. The average molecular weight is 544 g/mol. The Hall–Kier alpha value is -3.56. The lowest BCUT2D eigenvalue weighted by molar-refractivity contribution is -0.114. The highest BCUT2D eigenvalue weighted by Crippen LogP contribution is 2.33. The second-order valence-electron chi connectivity index (χ2n) is 8.24. The molecule has 3 aromatic carbocycles. The van der Waals surface area contributed by atoms with E-state index in [9.17, 15) is 18.0 Å². The Kier molecular flexibility index (Phi) is 9.54. The number of carbonyl (C=O) groups excluding carboxylic acids is 2. The Balaban J connectivity index is 1.97. The Morgan fingerprint density at radius 2 is 1.62 bits per heavy atom. The number of benzene rings is 3. The van der Waals surface area contributed by atoms with Crippen molar-refractivity contribution in [2.45, 2.75) is 38.1 Å². The summed E-state index contributed by atoms with van der Waals surface area (Å²) in [5, 5.41) is 5.95. The first-order valence-corrected chi connectivity index (χ1v) is 13.7. The molecule has 37 heavy (non-hydrogen) atoms. The van der Waals surface area contributed by atoms with Gasteiger partial charge < -0.3 is 15.4 Å². The Bertz CT molecular complexity index is 1350. The summed E-state index contributed by atoms with van der Waals surface area (Å²) in [7, 11) is -4.19. The quantitative estimate of drug-likeness (QED) is 0.350. The van der Waals surface area contributed by atoms with Crippen LogP contribution in [0.3, 0.4) is 0 Å². The van der Waals surface area contributed by atoms with Crippen LogP contribution in [-0.4, -0.2) is 39.4 Å². The zero-order valence-corrected chi connectivity index (χ0v) is 22.5. The summed E-state index contributed by atoms with van der Waals surface area (Å²) in [6.07, 6.45) is 0.747. The molecule has 2 N–H and O–H groups in total. The van der Waals surface area contributed by atoms with Gasteiger partial charge in [0.15, 0.2) is 0 Å². The van der Waals surface area contributed by atoms with E-state index in [0.717, 1.165) is 10.7 Å². The second kappa shape index (κ2) is 12.6. The number of carbonyl (C=O) groups is 2. The van der Waals surface area contributed by atoms with E-state index in [1.807, 2.05) is 13.8 Å². The molecule has 0 aromatic heterocycles. The number of anilines is 2. The number of hydrogen-bond acceptors (Lipinski definition) is 5. The van der Waals surface area contributed by atoms with Gasteiger partial charge in [0.1, 0.15) is 12.3 Å². The maximum absolute atomic E-state index is 13.7. The third kappa shape index (κ3) is 7.02. The van der Waals surface area contributed by atoms with Crippen molar-refractivity contribution >= 4 is 44.8 Å². The van der Waals surface area contributed by atoms with E-state index < -0.39 is 22.5 Å². The van der Waals surface area contributed by atoms with Gasteiger partial charge >= 0.3 is 0 Å². The smallest absolute Gasteiger partial charge is 0.264 e. The van der Waals surface area contributed by atoms with Crippen molar-refractivity contribution in [3.8, 4) is 5.75 Å². The fraction of sp³-hybridized carbons (Fsp3) is 0.259. The summed E-state index contributed by atoms with van der Waals surface area (Å²) in [6.45, 7) is 5.36. The first-order valence-electron chi connectivity index (χ1n) is 11.9. The number of amides is 2. The van der Waals surface area contributed by atoms with Gasteiger partial charge in [-0.25, -0.2) is 8.42 Å². The standard InChI is InChI=1S/C27H30ClN3O5S/c1-4-19(3)29-27(33)22-10-6-7-11-23(22)30-26(32)18-31(24-12-8-9-13-25(24)36-5-2)37(34,35)21-16-14-20(28)15-17-21/h6-17,19H,4-5,18H2,1-3H3,(H,29,33)(H,30,32)/t19-/m0/s1. The molecule has 0 aliphatic heterocycles. The highest BCUT2D eigenvalue weighted by Gasteiger charge is 2.30. The number of nitrogens with one attached hydrogen (secondary N) is 2. The highest BCUT2D eigenvalue weighted by atomic mass is 35.5. The van der Waals surface area contributed by atoms with Crippen molar-refractivity contribution in [3.63, 3.8) is 0 Å². The summed E-state index contributed by atoms with van der Waals surface area (Å²) < 4.78 is 34.0. The minimum Gasteiger partial charge on any atom is -0.492 e. The number of nitrogens with zero attached hydrogens (tertiary/aromatic N) is 1. The van der Waals surface area contributed by atoms with Gasteiger partial charge in [0.05, 0.1) is 28.4 Å². The van der Waals surface area contributed by atoms with Gasteiger partial charge in [-0.15, -0.1) is 0 Å². The number of hydrogen-bond donors (Lipinski definition) is 2. The van der Waals surface area contributed by atoms with Crippen LogP contribution in [0, 0.1) is 0 Å². The molecule has 0 bridgehead atoms. The highest BCUT2D eigenvalue weighted by molar-refractivity contribution is 7.92. The van der Waals surface area contributed by atoms with Crippen molar-refractivity contribution in [1.29, 1.82) is 0 Å². The molecule has 0 saturated heterocycles. The zero-order chi connectivity index (χ0) is 27.0. The van der Waals surface area contributed by atoms with Crippen LogP contribution >= 0.6 is 11.6 Å². The van der Waals surface area contributed by atoms with Crippen LogP contribution < -0.4 is 19.7 Å². The lowest BCUT2D eigenvalue weighted by Gasteiger charge is -2.26. The number of rotatable bonds is 11.